The molecule has 0 spiro atoms. The van der Waals surface area contributed by atoms with Crippen LogP contribution in [0.2, 0.25) is 0 Å². The van der Waals surface area contributed by atoms with Crippen LogP contribution in [0.3, 0.4) is 0 Å². The van der Waals surface area contributed by atoms with E-state index < -0.39 is 5.97 Å². The maximum atomic E-state index is 12.6. The fraction of sp³-hybridized carbons (Fsp3) is 0.667. The van der Waals surface area contributed by atoms with Gasteiger partial charge < -0.3 is 27.6 Å². The minimum Gasteiger partial charge on any atom is -1.00 e. The number of ether oxygens (including phenoxy) is 1. The van der Waals surface area contributed by atoms with Gasteiger partial charge in [0.25, 0.3) is 0 Å². The fourth-order valence-electron chi connectivity index (χ4n) is 3.75. The Morgan fingerprint density at radius 1 is 1.26 bits per heavy atom. The zero-order valence-electron chi connectivity index (χ0n) is 17.8. The quantitative estimate of drug-likeness (QED) is 0.488. The Bertz CT molecular complexity index is 585. The summed E-state index contributed by atoms with van der Waals surface area (Å²) in [6, 6.07) is 5.37. The van der Waals surface area contributed by atoms with Gasteiger partial charge in [-0.2, -0.15) is 0 Å². The number of carbonyl (C=O) groups excluding carboxylic acids is 1. The number of hydrogen-bond acceptors (Lipinski definition) is 5. The number of phenols is 1. The molecule has 0 aliphatic heterocycles. The highest BCUT2D eigenvalue weighted by Gasteiger charge is 2.32. The van der Waals surface area contributed by atoms with Crippen LogP contribution in [0.5, 0.6) is 5.75 Å². The number of esters is 1. The van der Waals surface area contributed by atoms with Crippen molar-refractivity contribution in [1.82, 2.24) is 4.90 Å². The average Bonchev–Trinajstić information content (AvgIpc) is 2.64. The maximum Gasteiger partial charge on any atom is 1.00 e. The van der Waals surface area contributed by atoms with Crippen molar-refractivity contribution in [3.63, 3.8) is 0 Å². The predicted octanol–water partition coefficient (Wildman–Crippen LogP) is 1.53. The molecule has 2 N–H and O–H groups in total. The molecule has 0 bridgehead atoms. The number of halogens is 1. The third-order valence-electron chi connectivity index (χ3n) is 5.28. The average molecular weight is 399 g/mol. The van der Waals surface area contributed by atoms with Crippen molar-refractivity contribution in [2.24, 2.45) is 0 Å². The summed E-state index contributed by atoms with van der Waals surface area (Å²) in [6.07, 6.45) is 6.30. The predicted molar refractivity (Wildman–Crippen MR) is 107 cm³/mol. The smallest absolute Gasteiger partial charge is 1.00 e. The minimum atomic E-state index is -0.424. The molecule has 1 aliphatic carbocycles. The third kappa shape index (κ3) is 6.58. The van der Waals surface area contributed by atoms with E-state index in [0.29, 0.717) is 0 Å². The highest BCUT2D eigenvalue weighted by atomic mass is 35.5. The first-order valence-electron chi connectivity index (χ1n) is 10.1. The van der Waals surface area contributed by atoms with Crippen molar-refractivity contribution in [2.75, 3.05) is 25.0 Å². The first kappa shape index (κ1) is 23.6. The standard InChI is InChI=1S/C21H34N2O3.ClH/c1-4-7-14-22-16-12-13-17(19(24)15-16)21(25)26-20-11-9-8-10-18(20)23(5-2)6-3;/h12-13,15,18,20,22,24H,4-11,14H2,1-3H3;1H. The van der Waals surface area contributed by atoms with Crippen molar-refractivity contribution < 1.29 is 28.5 Å². The second-order valence-electron chi connectivity index (χ2n) is 7.03. The van der Waals surface area contributed by atoms with Gasteiger partial charge in [0.1, 0.15) is 17.4 Å². The summed E-state index contributed by atoms with van der Waals surface area (Å²) < 4.78 is 5.83. The molecule has 0 radical (unpaired) electrons. The van der Waals surface area contributed by atoms with Crippen LogP contribution in [-0.2, 0) is 4.74 Å². The molecule has 0 saturated heterocycles. The van der Waals surface area contributed by atoms with Gasteiger partial charge in [0, 0.05) is 24.3 Å². The molecular formula is C21H35ClN2O3. The van der Waals surface area contributed by atoms with Crippen LogP contribution in [0.1, 0.15) is 71.1 Å². The SMILES string of the molecule is CCCCNc1ccc(C(=O)OC2CCCCC2N(CC)CC)c(O)c1.[Cl-].[H+]. The van der Waals surface area contributed by atoms with Crippen LogP contribution < -0.4 is 17.7 Å². The molecule has 27 heavy (non-hydrogen) atoms. The Morgan fingerprint density at radius 3 is 2.59 bits per heavy atom. The first-order chi connectivity index (χ1) is 12.6. The fourth-order valence-corrected chi connectivity index (χ4v) is 3.75. The zero-order valence-corrected chi connectivity index (χ0v) is 17.6. The number of phenolic OH excluding ortho intramolecular Hbond substituents is 1. The van der Waals surface area contributed by atoms with Gasteiger partial charge in [-0.1, -0.05) is 33.6 Å². The molecule has 5 nitrogen and oxygen atoms in total. The number of benzene rings is 1. The Balaban J connectivity index is 0.00000364. The van der Waals surface area contributed by atoms with E-state index in [0.717, 1.165) is 57.4 Å². The van der Waals surface area contributed by atoms with Crippen LogP contribution in [-0.4, -0.2) is 47.8 Å². The molecule has 1 aromatic rings. The third-order valence-corrected chi connectivity index (χ3v) is 5.28. The molecule has 154 valence electrons. The van der Waals surface area contributed by atoms with E-state index in [-0.39, 0.29) is 37.3 Å². The van der Waals surface area contributed by atoms with Crippen LogP contribution in [0, 0.1) is 0 Å². The molecule has 2 rings (SSSR count). The van der Waals surface area contributed by atoms with E-state index in [1.165, 1.54) is 6.42 Å². The van der Waals surface area contributed by atoms with E-state index >= 15 is 0 Å². The van der Waals surface area contributed by atoms with Crippen molar-refractivity contribution >= 4 is 11.7 Å². The van der Waals surface area contributed by atoms with Gasteiger partial charge in [-0.3, -0.25) is 4.90 Å². The summed E-state index contributed by atoms with van der Waals surface area (Å²) in [5.41, 5.74) is 1.07. The highest BCUT2D eigenvalue weighted by Crippen LogP contribution is 2.28. The van der Waals surface area contributed by atoms with Crippen molar-refractivity contribution in [1.29, 1.82) is 0 Å². The number of rotatable bonds is 9. The van der Waals surface area contributed by atoms with E-state index in [2.05, 4.69) is 31.0 Å². The monoisotopic (exact) mass is 398 g/mol. The van der Waals surface area contributed by atoms with Crippen molar-refractivity contribution in [2.45, 2.75) is 71.4 Å². The number of likely N-dealkylation sites (N-methyl/N-ethyl adjacent to an activating group) is 1. The molecule has 1 aliphatic rings. The topological polar surface area (TPSA) is 61.8 Å². The van der Waals surface area contributed by atoms with Gasteiger partial charge in [0.2, 0.25) is 0 Å². The second-order valence-corrected chi connectivity index (χ2v) is 7.03. The first-order valence-corrected chi connectivity index (χ1v) is 10.1. The lowest BCUT2D eigenvalue weighted by Crippen LogP contribution is -3.00. The van der Waals surface area contributed by atoms with Crippen LogP contribution in [0.25, 0.3) is 0 Å². The van der Waals surface area contributed by atoms with Crippen LogP contribution >= 0.6 is 0 Å². The highest BCUT2D eigenvalue weighted by molar-refractivity contribution is 5.93. The van der Waals surface area contributed by atoms with Gasteiger partial charge in [-0.15, -0.1) is 0 Å². The van der Waals surface area contributed by atoms with E-state index in [1.54, 1.807) is 12.1 Å². The van der Waals surface area contributed by atoms with Crippen LogP contribution in [0.4, 0.5) is 5.69 Å². The number of nitrogens with zero attached hydrogens (tertiary/aromatic N) is 1. The molecule has 2 atom stereocenters. The summed E-state index contributed by atoms with van der Waals surface area (Å²) in [5.74, 6) is -0.446. The zero-order chi connectivity index (χ0) is 18.9. The molecular weight excluding hydrogens is 364 g/mol. The van der Waals surface area contributed by atoms with E-state index in [4.69, 9.17) is 4.74 Å². The number of hydrogen-bond donors (Lipinski definition) is 2. The summed E-state index contributed by atoms with van der Waals surface area (Å²) in [5, 5.41) is 13.5. The lowest BCUT2D eigenvalue weighted by molar-refractivity contribution is -0.0157. The number of anilines is 1. The van der Waals surface area contributed by atoms with Crippen molar-refractivity contribution in [3.8, 4) is 5.75 Å². The Labute approximate surface area is 171 Å². The van der Waals surface area contributed by atoms with Gasteiger partial charge in [-0.05, 0) is 50.9 Å². The normalized spacial score (nSPS) is 19.4. The minimum absolute atomic E-state index is 0. The van der Waals surface area contributed by atoms with Gasteiger partial charge >= 0.3 is 7.40 Å². The number of carbonyl (C=O) groups is 1. The lowest BCUT2D eigenvalue weighted by Gasteiger charge is -2.38. The molecule has 1 saturated carbocycles. The van der Waals surface area contributed by atoms with E-state index in [1.807, 2.05) is 6.07 Å². The Hall–Kier alpha value is -1.46. The summed E-state index contributed by atoms with van der Waals surface area (Å²) in [4.78, 5) is 15.0. The van der Waals surface area contributed by atoms with Crippen molar-refractivity contribution in [3.05, 3.63) is 23.8 Å². The molecule has 0 heterocycles. The summed E-state index contributed by atoms with van der Waals surface area (Å²) >= 11 is 0. The second kappa shape index (κ2) is 12.1. The molecule has 2 unspecified atom stereocenters. The Kier molecular flexibility index (Phi) is 10.6. The van der Waals surface area contributed by atoms with Gasteiger partial charge in [0.05, 0.1) is 0 Å². The van der Waals surface area contributed by atoms with Gasteiger partial charge in [0.15, 0.2) is 0 Å². The maximum absolute atomic E-state index is 12.6. The summed E-state index contributed by atoms with van der Waals surface area (Å²) in [7, 11) is 0. The molecule has 6 heteroatoms. The molecule has 0 amide bonds. The number of aromatic hydroxyl groups is 1. The molecule has 0 aromatic heterocycles. The summed E-state index contributed by atoms with van der Waals surface area (Å²) in [6.45, 7) is 9.19. The van der Waals surface area contributed by atoms with Crippen LogP contribution in [0.15, 0.2) is 18.2 Å². The number of nitrogens with one attached hydrogen (secondary N) is 1. The van der Waals surface area contributed by atoms with E-state index in [9.17, 15) is 9.90 Å². The largest absolute Gasteiger partial charge is 1.00 e. The Morgan fingerprint density at radius 2 is 1.96 bits per heavy atom. The molecule has 1 fully saturated rings. The molecule has 1 aromatic carbocycles. The lowest BCUT2D eigenvalue weighted by atomic mass is 9.91. The number of unbranched alkanes of at least 4 members (excludes halogenated alkanes) is 1. The van der Waals surface area contributed by atoms with Gasteiger partial charge in [-0.25, -0.2) is 4.79 Å².